The molecule has 1 unspecified atom stereocenters. The van der Waals surface area contributed by atoms with Crippen molar-refractivity contribution in [3.05, 3.63) is 0 Å². The molecule has 0 aromatic carbocycles. The van der Waals surface area contributed by atoms with Crippen LogP contribution in [0.25, 0.3) is 0 Å². The molecule has 5 heteroatoms. The topological polar surface area (TPSA) is 70.8 Å². The number of rotatable bonds is 3. The third-order valence-corrected chi connectivity index (χ3v) is 3.00. The van der Waals surface area contributed by atoms with Crippen LogP contribution in [0.1, 0.15) is 39.0 Å². The average Bonchev–Trinajstić information content (AvgIpc) is 2.66. The molecule has 2 heterocycles. The molecule has 1 aliphatic rings. The van der Waals surface area contributed by atoms with Crippen molar-refractivity contribution in [2.75, 3.05) is 17.2 Å². The van der Waals surface area contributed by atoms with E-state index in [-0.39, 0.29) is 0 Å². The number of nitrogens with zero attached hydrogens (tertiary/aromatic N) is 3. The minimum Gasteiger partial charge on any atom is -0.368 e. The van der Waals surface area contributed by atoms with Gasteiger partial charge in [0.25, 0.3) is 0 Å². The van der Waals surface area contributed by atoms with Gasteiger partial charge in [0.15, 0.2) is 0 Å². The van der Waals surface area contributed by atoms with Gasteiger partial charge in [-0.15, -0.1) is 5.10 Å². The number of nitrogen functional groups attached to an aromatic ring is 1. The van der Waals surface area contributed by atoms with E-state index in [1.165, 1.54) is 32.1 Å². The van der Waals surface area contributed by atoms with Crippen molar-refractivity contribution in [1.82, 2.24) is 15.2 Å². The first-order chi connectivity index (χ1) is 7.31. The molecule has 0 bridgehead atoms. The minimum atomic E-state index is 0.408. The molecule has 5 nitrogen and oxygen atoms in total. The first-order valence-corrected chi connectivity index (χ1v) is 5.75. The lowest BCUT2D eigenvalue weighted by Crippen LogP contribution is -2.40. The van der Waals surface area contributed by atoms with Gasteiger partial charge in [-0.2, -0.15) is 4.98 Å². The summed E-state index contributed by atoms with van der Waals surface area (Å²) in [4.78, 5) is 6.50. The fourth-order valence-electron chi connectivity index (χ4n) is 2.29. The second-order valence-corrected chi connectivity index (χ2v) is 4.15. The maximum absolute atomic E-state index is 5.55. The predicted molar refractivity (Wildman–Crippen MR) is 60.7 cm³/mol. The van der Waals surface area contributed by atoms with Crippen molar-refractivity contribution in [1.29, 1.82) is 0 Å². The van der Waals surface area contributed by atoms with Gasteiger partial charge in [-0.25, -0.2) is 5.10 Å². The molecule has 0 radical (unpaired) electrons. The van der Waals surface area contributed by atoms with E-state index < -0.39 is 0 Å². The Morgan fingerprint density at radius 3 is 3.07 bits per heavy atom. The first kappa shape index (κ1) is 10.3. The zero-order valence-corrected chi connectivity index (χ0v) is 9.24. The molecular formula is C10H19N5. The van der Waals surface area contributed by atoms with Crippen molar-refractivity contribution < 1.29 is 0 Å². The zero-order chi connectivity index (χ0) is 10.7. The lowest BCUT2D eigenvalue weighted by molar-refractivity contribution is 0.429. The molecule has 3 N–H and O–H groups in total. The number of aromatic nitrogens is 3. The summed E-state index contributed by atoms with van der Waals surface area (Å²) >= 11 is 0. The zero-order valence-electron chi connectivity index (χ0n) is 9.24. The molecule has 0 amide bonds. The van der Waals surface area contributed by atoms with Gasteiger partial charge in [-0.1, -0.05) is 13.3 Å². The Kier molecular flexibility index (Phi) is 3.08. The number of hydrogen-bond acceptors (Lipinski definition) is 4. The van der Waals surface area contributed by atoms with Crippen molar-refractivity contribution >= 4 is 11.9 Å². The van der Waals surface area contributed by atoms with Gasteiger partial charge in [-0.3, -0.25) is 0 Å². The van der Waals surface area contributed by atoms with Crippen molar-refractivity contribution in [3.63, 3.8) is 0 Å². The van der Waals surface area contributed by atoms with Crippen LogP contribution in [-0.2, 0) is 0 Å². The Morgan fingerprint density at radius 1 is 1.53 bits per heavy atom. The highest BCUT2D eigenvalue weighted by Gasteiger charge is 2.24. The number of anilines is 2. The number of nitrogens with one attached hydrogen (secondary N) is 1. The fourth-order valence-corrected chi connectivity index (χ4v) is 2.29. The Hall–Kier alpha value is -1.26. The molecule has 1 saturated heterocycles. The SMILES string of the molecule is CCCC1CCCCN1c1n[nH]c(N)n1. The van der Waals surface area contributed by atoms with Gasteiger partial charge in [0.05, 0.1) is 0 Å². The third-order valence-electron chi connectivity index (χ3n) is 3.00. The minimum absolute atomic E-state index is 0.408. The number of piperidine rings is 1. The van der Waals surface area contributed by atoms with Crippen LogP contribution >= 0.6 is 0 Å². The third kappa shape index (κ3) is 2.22. The monoisotopic (exact) mass is 209 g/mol. The van der Waals surface area contributed by atoms with Gasteiger partial charge >= 0.3 is 0 Å². The lowest BCUT2D eigenvalue weighted by atomic mass is 9.99. The molecule has 1 fully saturated rings. The molecule has 0 aliphatic carbocycles. The van der Waals surface area contributed by atoms with Gasteiger partial charge in [0.1, 0.15) is 0 Å². The van der Waals surface area contributed by atoms with Crippen LogP contribution in [0.15, 0.2) is 0 Å². The van der Waals surface area contributed by atoms with E-state index in [9.17, 15) is 0 Å². The molecule has 1 aromatic rings. The van der Waals surface area contributed by atoms with Crippen LogP contribution in [0.3, 0.4) is 0 Å². The summed E-state index contributed by atoms with van der Waals surface area (Å²) in [6.07, 6.45) is 6.23. The van der Waals surface area contributed by atoms with E-state index in [4.69, 9.17) is 5.73 Å². The molecule has 1 atom stereocenters. The van der Waals surface area contributed by atoms with Crippen LogP contribution in [0, 0.1) is 0 Å². The number of nitrogens with two attached hydrogens (primary N) is 1. The summed E-state index contributed by atoms with van der Waals surface area (Å²) in [5, 5.41) is 6.84. The Bertz CT molecular complexity index is 307. The highest BCUT2D eigenvalue weighted by atomic mass is 15.4. The Morgan fingerprint density at radius 2 is 2.40 bits per heavy atom. The van der Waals surface area contributed by atoms with Crippen molar-refractivity contribution in [3.8, 4) is 0 Å². The second kappa shape index (κ2) is 4.51. The van der Waals surface area contributed by atoms with Gasteiger partial charge in [0.2, 0.25) is 11.9 Å². The summed E-state index contributed by atoms with van der Waals surface area (Å²) in [5.41, 5.74) is 5.55. The molecule has 2 rings (SSSR count). The fraction of sp³-hybridized carbons (Fsp3) is 0.800. The van der Waals surface area contributed by atoms with Crippen LogP contribution in [-0.4, -0.2) is 27.8 Å². The van der Waals surface area contributed by atoms with Crippen molar-refractivity contribution in [2.45, 2.75) is 45.1 Å². The van der Waals surface area contributed by atoms with E-state index in [1.54, 1.807) is 0 Å². The van der Waals surface area contributed by atoms with Gasteiger partial charge in [-0.05, 0) is 25.7 Å². The van der Waals surface area contributed by atoms with E-state index in [0.717, 1.165) is 12.5 Å². The molecular weight excluding hydrogens is 190 g/mol. The summed E-state index contributed by atoms with van der Waals surface area (Å²) in [5.74, 6) is 1.18. The second-order valence-electron chi connectivity index (χ2n) is 4.15. The number of hydrogen-bond donors (Lipinski definition) is 2. The molecule has 84 valence electrons. The largest absolute Gasteiger partial charge is 0.368 e. The quantitative estimate of drug-likeness (QED) is 0.792. The molecule has 15 heavy (non-hydrogen) atoms. The van der Waals surface area contributed by atoms with Gasteiger partial charge < -0.3 is 10.6 Å². The van der Waals surface area contributed by atoms with Crippen molar-refractivity contribution in [2.24, 2.45) is 0 Å². The van der Waals surface area contributed by atoms with Crippen LogP contribution in [0.2, 0.25) is 0 Å². The molecule has 1 aromatic heterocycles. The van der Waals surface area contributed by atoms with E-state index in [2.05, 4.69) is 27.0 Å². The normalized spacial score (nSPS) is 21.9. The Balaban J connectivity index is 2.10. The maximum atomic E-state index is 5.55. The molecule has 0 saturated carbocycles. The average molecular weight is 209 g/mol. The molecule has 0 spiro atoms. The lowest BCUT2D eigenvalue weighted by Gasteiger charge is -2.34. The van der Waals surface area contributed by atoms with E-state index in [1.807, 2.05) is 0 Å². The first-order valence-electron chi connectivity index (χ1n) is 5.75. The summed E-state index contributed by atoms with van der Waals surface area (Å²) < 4.78 is 0. The highest BCUT2D eigenvalue weighted by Crippen LogP contribution is 2.24. The van der Waals surface area contributed by atoms with E-state index >= 15 is 0 Å². The van der Waals surface area contributed by atoms with E-state index in [0.29, 0.717) is 12.0 Å². The van der Waals surface area contributed by atoms with Gasteiger partial charge in [0, 0.05) is 12.6 Å². The summed E-state index contributed by atoms with van der Waals surface area (Å²) in [6.45, 7) is 3.28. The highest BCUT2D eigenvalue weighted by molar-refractivity contribution is 5.35. The molecule has 1 aliphatic heterocycles. The Labute approximate surface area is 90.1 Å². The summed E-state index contributed by atoms with van der Waals surface area (Å²) in [6, 6.07) is 0.596. The standard InChI is InChI=1S/C10H19N5/c1-2-5-8-6-3-4-7-15(8)10-12-9(11)13-14-10/h8H,2-7H2,1H3,(H3,11,12,13,14). The maximum Gasteiger partial charge on any atom is 0.246 e. The number of aromatic amines is 1. The number of H-pyrrole nitrogens is 1. The smallest absolute Gasteiger partial charge is 0.246 e. The van der Waals surface area contributed by atoms with Crippen LogP contribution < -0.4 is 10.6 Å². The van der Waals surface area contributed by atoms with Crippen LogP contribution in [0.4, 0.5) is 11.9 Å². The predicted octanol–water partition coefficient (Wildman–Crippen LogP) is 1.55. The van der Waals surface area contributed by atoms with Crippen LogP contribution in [0.5, 0.6) is 0 Å². The summed E-state index contributed by atoms with van der Waals surface area (Å²) in [7, 11) is 0.